The Balaban J connectivity index is 2.02. The van der Waals surface area contributed by atoms with Crippen LogP contribution in [-0.4, -0.2) is 52.3 Å². The molecule has 0 bridgehead atoms. The van der Waals surface area contributed by atoms with E-state index in [1.807, 2.05) is 34.9 Å². The van der Waals surface area contributed by atoms with E-state index in [1.54, 1.807) is 6.20 Å². The van der Waals surface area contributed by atoms with Crippen molar-refractivity contribution in [3.8, 4) is 0 Å². The molecule has 1 aliphatic rings. The van der Waals surface area contributed by atoms with Crippen LogP contribution >= 0.6 is 0 Å². The summed E-state index contributed by atoms with van der Waals surface area (Å²) in [5.41, 5.74) is 0.930. The first-order valence-corrected chi connectivity index (χ1v) is 8.55. The summed E-state index contributed by atoms with van der Waals surface area (Å²) in [7, 11) is 0. The van der Waals surface area contributed by atoms with Crippen LogP contribution in [0.5, 0.6) is 0 Å². The molecule has 1 aromatic heterocycles. The van der Waals surface area contributed by atoms with Gasteiger partial charge in [-0.2, -0.15) is 0 Å². The van der Waals surface area contributed by atoms with Gasteiger partial charge in [0.25, 0.3) is 0 Å². The second-order valence-electron chi connectivity index (χ2n) is 6.76. The Morgan fingerprint density at radius 1 is 1.33 bits per heavy atom. The molecule has 0 saturated carbocycles. The molecule has 24 heavy (non-hydrogen) atoms. The fourth-order valence-corrected chi connectivity index (χ4v) is 3.20. The van der Waals surface area contributed by atoms with Crippen molar-refractivity contribution in [3.05, 3.63) is 42.7 Å². The maximum atomic E-state index is 12.8. The fourth-order valence-electron chi connectivity index (χ4n) is 3.20. The zero-order chi connectivity index (χ0) is 17.7. The van der Waals surface area contributed by atoms with Crippen molar-refractivity contribution < 1.29 is 9.59 Å². The van der Waals surface area contributed by atoms with E-state index >= 15 is 0 Å². The van der Waals surface area contributed by atoms with Crippen molar-refractivity contribution in [1.82, 2.24) is 14.8 Å². The molecule has 2 atom stereocenters. The molecule has 5 heteroatoms. The lowest BCUT2D eigenvalue weighted by Crippen LogP contribution is -2.58. The van der Waals surface area contributed by atoms with Crippen molar-refractivity contribution in [2.45, 2.75) is 33.2 Å². The van der Waals surface area contributed by atoms with Gasteiger partial charge in [-0.25, -0.2) is 0 Å². The largest absolute Gasteiger partial charge is 0.339 e. The van der Waals surface area contributed by atoms with Gasteiger partial charge in [0.2, 0.25) is 11.8 Å². The van der Waals surface area contributed by atoms with Crippen LogP contribution in [0.15, 0.2) is 37.1 Å². The SMILES string of the molecule is C=CC(=O)N1CCN(C(=O)C(C)Cc2ccccn2)C[C@@H]1C(C)C. The summed E-state index contributed by atoms with van der Waals surface area (Å²) in [6.45, 7) is 11.4. The number of pyridine rings is 1. The summed E-state index contributed by atoms with van der Waals surface area (Å²) in [6.07, 6.45) is 3.75. The van der Waals surface area contributed by atoms with E-state index < -0.39 is 0 Å². The maximum absolute atomic E-state index is 12.8. The highest BCUT2D eigenvalue weighted by molar-refractivity contribution is 5.87. The number of carbonyl (C=O) groups is 2. The Hall–Kier alpha value is -2.17. The minimum Gasteiger partial charge on any atom is -0.339 e. The quantitative estimate of drug-likeness (QED) is 0.778. The standard InChI is InChI=1S/C19H27N3O2/c1-5-18(23)22-11-10-21(13-17(22)14(2)3)19(24)15(4)12-16-8-6-7-9-20-16/h5-9,14-15,17H,1,10-13H2,2-4H3/t15?,17-/m1/s1. The average Bonchev–Trinajstić information content (AvgIpc) is 2.60. The summed E-state index contributed by atoms with van der Waals surface area (Å²) in [4.78, 5) is 32.9. The van der Waals surface area contributed by atoms with Gasteiger partial charge in [-0.15, -0.1) is 0 Å². The van der Waals surface area contributed by atoms with E-state index in [-0.39, 0.29) is 29.7 Å². The van der Waals surface area contributed by atoms with Gasteiger partial charge >= 0.3 is 0 Å². The van der Waals surface area contributed by atoms with Crippen molar-refractivity contribution in [2.24, 2.45) is 11.8 Å². The van der Waals surface area contributed by atoms with Crippen LogP contribution in [0.1, 0.15) is 26.5 Å². The molecule has 1 aliphatic heterocycles. The molecule has 1 saturated heterocycles. The molecule has 2 rings (SSSR count). The Kier molecular flexibility index (Phi) is 6.12. The molecule has 1 unspecified atom stereocenters. The number of aromatic nitrogens is 1. The van der Waals surface area contributed by atoms with Crippen LogP contribution in [0.3, 0.4) is 0 Å². The Morgan fingerprint density at radius 2 is 2.08 bits per heavy atom. The number of amides is 2. The minimum atomic E-state index is -0.116. The van der Waals surface area contributed by atoms with Crippen molar-refractivity contribution >= 4 is 11.8 Å². The lowest BCUT2D eigenvalue weighted by molar-refractivity contribution is -0.143. The van der Waals surface area contributed by atoms with Gasteiger partial charge < -0.3 is 9.80 Å². The number of piperazine rings is 1. The normalized spacial score (nSPS) is 19.2. The van der Waals surface area contributed by atoms with Crippen molar-refractivity contribution in [1.29, 1.82) is 0 Å². The molecular weight excluding hydrogens is 302 g/mol. The molecule has 5 nitrogen and oxygen atoms in total. The molecule has 0 aliphatic carbocycles. The maximum Gasteiger partial charge on any atom is 0.246 e. The fraction of sp³-hybridized carbons (Fsp3) is 0.526. The van der Waals surface area contributed by atoms with E-state index in [2.05, 4.69) is 25.4 Å². The van der Waals surface area contributed by atoms with Crippen LogP contribution in [0, 0.1) is 11.8 Å². The van der Waals surface area contributed by atoms with Gasteiger partial charge in [-0.3, -0.25) is 14.6 Å². The molecule has 2 heterocycles. The molecule has 0 aromatic carbocycles. The topological polar surface area (TPSA) is 53.5 Å². The van der Waals surface area contributed by atoms with E-state index in [1.165, 1.54) is 6.08 Å². The second-order valence-corrected chi connectivity index (χ2v) is 6.76. The van der Waals surface area contributed by atoms with Crippen LogP contribution in [0.4, 0.5) is 0 Å². The minimum absolute atomic E-state index is 0.0373. The summed E-state index contributed by atoms with van der Waals surface area (Å²) in [6, 6.07) is 5.80. The van der Waals surface area contributed by atoms with Gasteiger partial charge in [-0.05, 0) is 24.1 Å². The zero-order valence-corrected chi connectivity index (χ0v) is 14.8. The van der Waals surface area contributed by atoms with Crippen molar-refractivity contribution in [2.75, 3.05) is 19.6 Å². The lowest BCUT2D eigenvalue weighted by Gasteiger charge is -2.43. The highest BCUT2D eigenvalue weighted by atomic mass is 16.2. The van der Waals surface area contributed by atoms with E-state index in [9.17, 15) is 9.59 Å². The molecule has 0 radical (unpaired) electrons. The predicted octanol–water partition coefficient (Wildman–Crippen LogP) is 2.14. The van der Waals surface area contributed by atoms with Gasteiger partial charge in [0.05, 0.1) is 6.04 Å². The monoisotopic (exact) mass is 329 g/mol. The summed E-state index contributed by atoms with van der Waals surface area (Å²) >= 11 is 0. The van der Waals surface area contributed by atoms with Gasteiger partial charge in [0.1, 0.15) is 0 Å². The van der Waals surface area contributed by atoms with Gasteiger partial charge in [0, 0.05) is 43.9 Å². The predicted molar refractivity (Wildman–Crippen MR) is 94.2 cm³/mol. The molecule has 2 amide bonds. The first-order chi connectivity index (χ1) is 11.4. The Morgan fingerprint density at radius 3 is 2.67 bits per heavy atom. The highest BCUT2D eigenvalue weighted by Gasteiger charge is 2.34. The Labute approximate surface area is 144 Å². The number of carbonyl (C=O) groups excluding carboxylic acids is 2. The molecule has 1 fully saturated rings. The third kappa shape index (κ3) is 4.22. The van der Waals surface area contributed by atoms with Crippen molar-refractivity contribution in [3.63, 3.8) is 0 Å². The lowest BCUT2D eigenvalue weighted by atomic mass is 9.97. The van der Waals surface area contributed by atoms with E-state index in [0.717, 1.165) is 5.69 Å². The smallest absolute Gasteiger partial charge is 0.246 e. The molecule has 0 spiro atoms. The van der Waals surface area contributed by atoms with Crippen LogP contribution < -0.4 is 0 Å². The summed E-state index contributed by atoms with van der Waals surface area (Å²) in [5, 5.41) is 0. The van der Waals surface area contributed by atoms with Gasteiger partial charge in [-0.1, -0.05) is 33.4 Å². The highest BCUT2D eigenvalue weighted by Crippen LogP contribution is 2.20. The van der Waals surface area contributed by atoms with Crippen LogP contribution in [0.25, 0.3) is 0 Å². The second kappa shape index (κ2) is 8.08. The van der Waals surface area contributed by atoms with Gasteiger partial charge in [0.15, 0.2) is 0 Å². The molecular formula is C19H27N3O2. The Bertz CT molecular complexity index is 586. The number of hydrogen-bond donors (Lipinski definition) is 0. The first-order valence-electron chi connectivity index (χ1n) is 8.55. The molecule has 130 valence electrons. The molecule has 0 N–H and O–H groups in total. The third-order valence-corrected chi connectivity index (χ3v) is 4.62. The van der Waals surface area contributed by atoms with E-state index in [0.29, 0.717) is 26.1 Å². The summed E-state index contributed by atoms with van der Waals surface area (Å²) in [5.74, 6) is 0.254. The first kappa shape index (κ1) is 18.2. The van der Waals surface area contributed by atoms with E-state index in [4.69, 9.17) is 0 Å². The number of hydrogen-bond acceptors (Lipinski definition) is 3. The van der Waals surface area contributed by atoms with Crippen LogP contribution in [0.2, 0.25) is 0 Å². The molecule has 1 aromatic rings. The number of rotatable bonds is 5. The van der Waals surface area contributed by atoms with Crippen LogP contribution in [-0.2, 0) is 16.0 Å². The third-order valence-electron chi connectivity index (χ3n) is 4.62. The number of nitrogens with zero attached hydrogens (tertiary/aromatic N) is 3. The zero-order valence-electron chi connectivity index (χ0n) is 14.8. The average molecular weight is 329 g/mol. The summed E-state index contributed by atoms with van der Waals surface area (Å²) < 4.78 is 0.